The Labute approximate surface area is 135 Å². The Hall–Kier alpha value is -2.31. The number of aromatic amines is 1. The van der Waals surface area contributed by atoms with Crippen molar-refractivity contribution in [3.8, 4) is 6.07 Å². The molecule has 1 fully saturated rings. The number of aromatic nitrogens is 3. The van der Waals surface area contributed by atoms with Gasteiger partial charge in [-0.25, -0.2) is 13.5 Å². The molecule has 0 saturated carbocycles. The fourth-order valence-corrected chi connectivity index (χ4v) is 3.31. The predicted molar refractivity (Wildman–Crippen MR) is 87.2 cm³/mol. The molecular formula is C14H16N6O2S. The Kier molecular flexibility index (Phi) is 4.36. The zero-order valence-corrected chi connectivity index (χ0v) is 13.4. The number of nitriles is 1. The molecule has 0 radical (unpaired) electrons. The second-order valence-electron chi connectivity index (χ2n) is 5.39. The van der Waals surface area contributed by atoms with E-state index in [0.29, 0.717) is 17.0 Å². The third kappa shape index (κ3) is 3.38. The topological polar surface area (TPSA) is 115 Å². The second-order valence-corrected chi connectivity index (χ2v) is 6.76. The van der Waals surface area contributed by atoms with Crippen molar-refractivity contribution in [1.82, 2.24) is 19.3 Å². The molecule has 2 aromatic rings. The Morgan fingerprint density at radius 2 is 2.22 bits per heavy atom. The first kappa shape index (κ1) is 15.6. The summed E-state index contributed by atoms with van der Waals surface area (Å²) in [7, 11) is -0.930. The first-order chi connectivity index (χ1) is 11.1. The molecule has 8 nitrogen and oxygen atoms in total. The van der Waals surface area contributed by atoms with E-state index in [0.717, 1.165) is 25.9 Å². The van der Waals surface area contributed by atoms with Crippen molar-refractivity contribution in [1.29, 1.82) is 5.26 Å². The van der Waals surface area contributed by atoms with Crippen LogP contribution in [0.1, 0.15) is 18.4 Å². The monoisotopic (exact) mass is 332 g/mol. The van der Waals surface area contributed by atoms with Crippen LogP contribution in [0.5, 0.6) is 0 Å². The smallest absolute Gasteiger partial charge is 0.267 e. The summed E-state index contributed by atoms with van der Waals surface area (Å²) in [6, 6.07) is 3.52. The summed E-state index contributed by atoms with van der Waals surface area (Å²) in [5, 5.41) is 12.7. The molecular weight excluding hydrogens is 316 g/mol. The van der Waals surface area contributed by atoms with Crippen LogP contribution >= 0.6 is 0 Å². The van der Waals surface area contributed by atoms with Gasteiger partial charge in [-0.2, -0.15) is 10.2 Å². The van der Waals surface area contributed by atoms with E-state index >= 15 is 0 Å². The van der Waals surface area contributed by atoms with Gasteiger partial charge in [0.25, 0.3) is 5.56 Å². The van der Waals surface area contributed by atoms with Crippen LogP contribution in [0.4, 0.5) is 5.95 Å². The van der Waals surface area contributed by atoms with Gasteiger partial charge in [-0.15, -0.1) is 0 Å². The summed E-state index contributed by atoms with van der Waals surface area (Å²) < 4.78 is 13.4. The van der Waals surface area contributed by atoms with Gasteiger partial charge in [0.05, 0.1) is 11.0 Å². The van der Waals surface area contributed by atoms with Crippen molar-refractivity contribution < 1.29 is 4.21 Å². The van der Waals surface area contributed by atoms with Gasteiger partial charge in [-0.3, -0.25) is 4.79 Å². The molecule has 0 aromatic carbocycles. The standard InChI is InChI=1S/C14H16N6O2S/c1-23(22)20-4-2-11(3-5-20)17-14-16-8-10-6-9(7-15)13(21)18-12(10)19-14/h6,8,11H,2-5H2,1H3,(H2,16,17,18,19,21). The van der Waals surface area contributed by atoms with Crippen molar-refractivity contribution in [2.24, 2.45) is 0 Å². The summed E-state index contributed by atoms with van der Waals surface area (Å²) in [5.41, 5.74) is -0.0104. The Morgan fingerprint density at radius 1 is 1.48 bits per heavy atom. The number of H-pyrrole nitrogens is 1. The van der Waals surface area contributed by atoms with E-state index in [4.69, 9.17) is 5.26 Å². The molecule has 120 valence electrons. The van der Waals surface area contributed by atoms with Crippen molar-refractivity contribution in [3.63, 3.8) is 0 Å². The average molecular weight is 332 g/mol. The minimum atomic E-state index is -0.930. The van der Waals surface area contributed by atoms with Gasteiger partial charge in [0, 0.05) is 37.0 Å². The number of pyridine rings is 1. The van der Waals surface area contributed by atoms with E-state index in [1.54, 1.807) is 12.5 Å². The van der Waals surface area contributed by atoms with Crippen LogP contribution in [0.25, 0.3) is 11.0 Å². The van der Waals surface area contributed by atoms with E-state index in [2.05, 4.69) is 20.3 Å². The van der Waals surface area contributed by atoms with Crippen molar-refractivity contribution in [3.05, 3.63) is 28.2 Å². The van der Waals surface area contributed by atoms with Crippen LogP contribution in [-0.2, 0) is 11.0 Å². The van der Waals surface area contributed by atoms with Crippen LogP contribution in [0, 0.1) is 11.3 Å². The highest BCUT2D eigenvalue weighted by atomic mass is 32.2. The van der Waals surface area contributed by atoms with Gasteiger partial charge in [0.2, 0.25) is 5.95 Å². The highest BCUT2D eigenvalue weighted by Gasteiger charge is 2.21. The lowest BCUT2D eigenvalue weighted by Crippen LogP contribution is -2.39. The van der Waals surface area contributed by atoms with E-state index < -0.39 is 16.5 Å². The maximum absolute atomic E-state index is 11.7. The molecule has 2 N–H and O–H groups in total. The summed E-state index contributed by atoms with van der Waals surface area (Å²) in [6.07, 6.45) is 4.97. The maximum Gasteiger partial charge on any atom is 0.267 e. The predicted octanol–water partition coefficient (Wildman–Crippen LogP) is 0.360. The molecule has 1 saturated heterocycles. The summed E-state index contributed by atoms with van der Waals surface area (Å²) >= 11 is 0. The number of anilines is 1. The summed E-state index contributed by atoms with van der Waals surface area (Å²) in [5.74, 6) is 0.439. The highest BCUT2D eigenvalue weighted by Crippen LogP contribution is 2.16. The van der Waals surface area contributed by atoms with Crippen molar-refractivity contribution in [2.45, 2.75) is 18.9 Å². The van der Waals surface area contributed by atoms with Gasteiger partial charge in [-0.05, 0) is 18.9 Å². The number of piperidine rings is 1. The number of rotatable bonds is 3. The lowest BCUT2D eigenvalue weighted by Gasteiger charge is -2.30. The normalized spacial score (nSPS) is 17.7. The number of hydrogen-bond acceptors (Lipinski definition) is 6. The Balaban J connectivity index is 1.76. The van der Waals surface area contributed by atoms with Gasteiger partial charge >= 0.3 is 0 Å². The molecule has 1 aliphatic heterocycles. The Morgan fingerprint density at radius 3 is 2.87 bits per heavy atom. The molecule has 3 heterocycles. The molecule has 1 aliphatic rings. The first-order valence-electron chi connectivity index (χ1n) is 7.22. The van der Waals surface area contributed by atoms with E-state index in [-0.39, 0.29) is 11.6 Å². The zero-order chi connectivity index (χ0) is 16.4. The largest absolute Gasteiger partial charge is 0.351 e. The van der Waals surface area contributed by atoms with Gasteiger partial charge in [0.1, 0.15) is 17.3 Å². The first-order valence-corrected chi connectivity index (χ1v) is 8.73. The van der Waals surface area contributed by atoms with Crippen LogP contribution in [0.3, 0.4) is 0 Å². The third-order valence-corrected chi connectivity index (χ3v) is 4.96. The summed E-state index contributed by atoms with van der Waals surface area (Å²) in [4.78, 5) is 22.8. The number of fused-ring (bicyclic) bond motifs is 1. The van der Waals surface area contributed by atoms with E-state index in [1.165, 1.54) is 6.07 Å². The van der Waals surface area contributed by atoms with Crippen LogP contribution in [-0.4, -0.2) is 48.9 Å². The molecule has 1 unspecified atom stereocenters. The van der Waals surface area contributed by atoms with E-state index in [9.17, 15) is 9.00 Å². The van der Waals surface area contributed by atoms with Crippen molar-refractivity contribution in [2.75, 3.05) is 24.7 Å². The fraction of sp³-hybridized carbons (Fsp3) is 0.429. The molecule has 0 spiro atoms. The van der Waals surface area contributed by atoms with E-state index in [1.807, 2.05) is 10.4 Å². The lowest BCUT2D eigenvalue weighted by molar-refractivity contribution is 0.346. The van der Waals surface area contributed by atoms with Gasteiger partial charge in [-0.1, -0.05) is 0 Å². The summed E-state index contributed by atoms with van der Waals surface area (Å²) in [6.45, 7) is 1.52. The maximum atomic E-state index is 11.7. The highest BCUT2D eigenvalue weighted by molar-refractivity contribution is 7.81. The molecule has 3 rings (SSSR count). The molecule has 0 aliphatic carbocycles. The quantitative estimate of drug-likeness (QED) is 0.838. The molecule has 0 amide bonds. The van der Waals surface area contributed by atoms with Crippen LogP contribution in [0.15, 0.2) is 17.1 Å². The lowest BCUT2D eigenvalue weighted by atomic mass is 10.1. The van der Waals surface area contributed by atoms with Crippen molar-refractivity contribution >= 4 is 28.0 Å². The van der Waals surface area contributed by atoms with Crippen LogP contribution in [0.2, 0.25) is 0 Å². The minimum absolute atomic E-state index is 0.0433. The number of nitrogens with zero attached hydrogens (tertiary/aromatic N) is 4. The SMILES string of the molecule is CS(=O)N1CCC(Nc2ncc3cc(C#N)c(=O)[nH]c3n2)CC1. The molecule has 23 heavy (non-hydrogen) atoms. The second kappa shape index (κ2) is 6.44. The van der Waals surface area contributed by atoms with Gasteiger partial charge < -0.3 is 10.3 Å². The fourth-order valence-electron chi connectivity index (χ4n) is 2.59. The zero-order valence-electron chi connectivity index (χ0n) is 12.6. The number of hydrogen-bond donors (Lipinski definition) is 2. The molecule has 1 atom stereocenters. The molecule has 9 heteroatoms. The number of nitrogens with one attached hydrogen (secondary N) is 2. The minimum Gasteiger partial charge on any atom is -0.351 e. The Bertz CT molecular complexity index is 850. The average Bonchev–Trinajstić information content (AvgIpc) is 2.54. The third-order valence-electron chi connectivity index (χ3n) is 3.86. The van der Waals surface area contributed by atoms with Crippen LogP contribution < -0.4 is 10.9 Å². The molecule has 2 aromatic heterocycles. The van der Waals surface area contributed by atoms with Gasteiger partial charge in [0.15, 0.2) is 0 Å². The molecule has 0 bridgehead atoms.